The van der Waals surface area contributed by atoms with Gasteiger partial charge in [-0.2, -0.15) is 0 Å². The van der Waals surface area contributed by atoms with E-state index in [-0.39, 0.29) is 0 Å². The fourth-order valence-corrected chi connectivity index (χ4v) is 6.91. The molecule has 1 nitrogen and oxygen atoms in total. The van der Waals surface area contributed by atoms with E-state index < -0.39 is 8.32 Å². The lowest BCUT2D eigenvalue weighted by molar-refractivity contribution is 0.252. The van der Waals surface area contributed by atoms with Crippen molar-refractivity contribution in [3.8, 4) is 0 Å². The summed E-state index contributed by atoms with van der Waals surface area (Å²) in [5.41, 5.74) is 0. The molecule has 0 saturated heterocycles. The molecule has 0 radical (unpaired) electrons. The van der Waals surface area contributed by atoms with Crippen LogP contribution in [-0.2, 0) is 4.43 Å². The molecule has 0 saturated carbocycles. The van der Waals surface area contributed by atoms with Crippen molar-refractivity contribution in [2.45, 2.75) is 72.0 Å². The molecule has 0 aromatic heterocycles. The summed E-state index contributed by atoms with van der Waals surface area (Å²) in [4.78, 5) is 0. The van der Waals surface area contributed by atoms with Crippen LogP contribution in [0.1, 0.15) is 53.9 Å². The monoisotopic (exact) mass is 230 g/mol. The molecule has 0 aromatic carbocycles. The highest BCUT2D eigenvalue weighted by atomic mass is 28.4. The van der Waals surface area contributed by atoms with Gasteiger partial charge in [0.05, 0.1) is 0 Å². The molecule has 0 N–H and O–H groups in total. The molecular weight excluding hydrogens is 200 g/mol. The van der Waals surface area contributed by atoms with Crippen molar-refractivity contribution in [2.24, 2.45) is 5.92 Å². The highest BCUT2D eigenvalue weighted by Gasteiger charge is 2.32. The first-order valence-electron chi connectivity index (χ1n) is 6.74. The van der Waals surface area contributed by atoms with Gasteiger partial charge in [0.15, 0.2) is 8.32 Å². The van der Waals surface area contributed by atoms with Gasteiger partial charge in [-0.25, -0.2) is 0 Å². The molecule has 0 fully saturated rings. The quantitative estimate of drug-likeness (QED) is 0.515. The Morgan fingerprint density at radius 3 is 1.53 bits per heavy atom. The van der Waals surface area contributed by atoms with E-state index in [0.717, 1.165) is 6.61 Å². The molecule has 0 aliphatic heterocycles. The van der Waals surface area contributed by atoms with Crippen LogP contribution in [0.2, 0.25) is 18.1 Å². The van der Waals surface area contributed by atoms with E-state index in [2.05, 4.69) is 34.6 Å². The van der Waals surface area contributed by atoms with Crippen LogP contribution in [0.5, 0.6) is 0 Å². The maximum atomic E-state index is 6.35. The molecule has 2 heteroatoms. The van der Waals surface area contributed by atoms with E-state index in [4.69, 9.17) is 4.43 Å². The Hall–Kier alpha value is 0.177. The maximum Gasteiger partial charge on any atom is 0.192 e. The van der Waals surface area contributed by atoms with Gasteiger partial charge in [0.1, 0.15) is 0 Å². The van der Waals surface area contributed by atoms with Gasteiger partial charge in [-0.3, -0.25) is 0 Å². The van der Waals surface area contributed by atoms with Crippen LogP contribution in [0.15, 0.2) is 0 Å². The third-order valence-electron chi connectivity index (χ3n) is 2.84. The summed E-state index contributed by atoms with van der Waals surface area (Å²) in [5, 5.41) is 0. The number of rotatable bonds is 9. The zero-order valence-corrected chi connectivity index (χ0v) is 12.4. The van der Waals surface area contributed by atoms with E-state index in [0.29, 0.717) is 5.92 Å². The van der Waals surface area contributed by atoms with Gasteiger partial charge in [0.25, 0.3) is 0 Å². The van der Waals surface area contributed by atoms with Crippen molar-refractivity contribution in [1.29, 1.82) is 0 Å². The molecule has 0 heterocycles. The van der Waals surface area contributed by atoms with Gasteiger partial charge in [0, 0.05) is 6.61 Å². The Kier molecular flexibility index (Phi) is 8.44. The summed E-state index contributed by atoms with van der Waals surface area (Å²) >= 11 is 0. The highest BCUT2D eigenvalue weighted by Crippen LogP contribution is 2.27. The molecule has 0 aliphatic rings. The van der Waals surface area contributed by atoms with Crippen LogP contribution < -0.4 is 0 Å². The lowest BCUT2D eigenvalue weighted by Gasteiger charge is -2.31. The Bertz CT molecular complexity index is 128. The SMILES string of the molecule is CCC[Si](CCC)(CCC)OCC(C)C. The topological polar surface area (TPSA) is 9.23 Å². The molecular formula is C13H30OSi. The van der Waals surface area contributed by atoms with Crippen molar-refractivity contribution >= 4 is 8.32 Å². The average molecular weight is 230 g/mol. The zero-order chi connectivity index (χ0) is 11.7. The molecule has 0 unspecified atom stereocenters. The highest BCUT2D eigenvalue weighted by molar-refractivity contribution is 6.73. The van der Waals surface area contributed by atoms with Gasteiger partial charge in [0.2, 0.25) is 0 Å². The van der Waals surface area contributed by atoms with E-state index in [9.17, 15) is 0 Å². The largest absolute Gasteiger partial charge is 0.417 e. The Morgan fingerprint density at radius 2 is 1.27 bits per heavy atom. The smallest absolute Gasteiger partial charge is 0.192 e. The van der Waals surface area contributed by atoms with Gasteiger partial charge in [-0.05, 0) is 24.1 Å². The molecule has 0 bridgehead atoms. The Labute approximate surface area is 97.7 Å². The van der Waals surface area contributed by atoms with Gasteiger partial charge in [-0.1, -0.05) is 53.9 Å². The van der Waals surface area contributed by atoms with Gasteiger partial charge >= 0.3 is 0 Å². The van der Waals surface area contributed by atoms with Crippen molar-refractivity contribution in [1.82, 2.24) is 0 Å². The normalized spacial score (nSPS) is 12.4. The predicted molar refractivity (Wildman–Crippen MR) is 71.8 cm³/mol. The van der Waals surface area contributed by atoms with Crippen LogP contribution >= 0.6 is 0 Å². The first kappa shape index (κ1) is 15.2. The van der Waals surface area contributed by atoms with Crippen LogP contribution in [0.4, 0.5) is 0 Å². The first-order chi connectivity index (χ1) is 7.10. The Balaban J connectivity index is 4.31. The fourth-order valence-electron chi connectivity index (χ4n) is 2.30. The molecule has 92 valence electrons. The van der Waals surface area contributed by atoms with E-state index >= 15 is 0 Å². The second-order valence-electron chi connectivity index (χ2n) is 5.14. The average Bonchev–Trinajstić information content (AvgIpc) is 2.16. The second-order valence-corrected chi connectivity index (χ2v) is 9.29. The summed E-state index contributed by atoms with van der Waals surface area (Å²) in [5.74, 6) is 0.683. The molecule has 0 aromatic rings. The zero-order valence-electron chi connectivity index (χ0n) is 11.4. The van der Waals surface area contributed by atoms with Crippen LogP contribution in [0.25, 0.3) is 0 Å². The van der Waals surface area contributed by atoms with Crippen LogP contribution in [0, 0.1) is 5.92 Å². The van der Waals surface area contributed by atoms with Gasteiger partial charge in [-0.15, -0.1) is 0 Å². The molecule has 15 heavy (non-hydrogen) atoms. The van der Waals surface area contributed by atoms with Crippen molar-refractivity contribution in [3.63, 3.8) is 0 Å². The second kappa shape index (κ2) is 8.34. The minimum Gasteiger partial charge on any atom is -0.417 e. The molecule has 0 amide bonds. The van der Waals surface area contributed by atoms with Crippen molar-refractivity contribution in [3.05, 3.63) is 0 Å². The molecule has 0 aliphatic carbocycles. The van der Waals surface area contributed by atoms with Gasteiger partial charge < -0.3 is 4.43 Å². The minimum atomic E-state index is -1.36. The van der Waals surface area contributed by atoms with Crippen LogP contribution in [0.3, 0.4) is 0 Å². The number of hydrogen-bond donors (Lipinski definition) is 0. The molecule has 0 rings (SSSR count). The first-order valence-corrected chi connectivity index (χ1v) is 9.27. The fraction of sp³-hybridized carbons (Fsp3) is 1.00. The van der Waals surface area contributed by atoms with Crippen molar-refractivity contribution in [2.75, 3.05) is 6.61 Å². The van der Waals surface area contributed by atoms with E-state index in [1.807, 2.05) is 0 Å². The standard InChI is InChI=1S/C13H30OSi/c1-6-9-15(10-7-2,11-8-3)14-12-13(4)5/h13H,6-12H2,1-5H3. The summed E-state index contributed by atoms with van der Waals surface area (Å²) in [7, 11) is -1.36. The predicted octanol–water partition coefficient (Wildman–Crippen LogP) is 4.83. The lowest BCUT2D eigenvalue weighted by Crippen LogP contribution is -2.38. The number of hydrogen-bond acceptors (Lipinski definition) is 1. The van der Waals surface area contributed by atoms with E-state index in [1.54, 1.807) is 0 Å². The summed E-state index contributed by atoms with van der Waals surface area (Å²) in [6.45, 7) is 12.4. The van der Waals surface area contributed by atoms with Crippen molar-refractivity contribution < 1.29 is 4.43 Å². The Morgan fingerprint density at radius 1 is 0.867 bits per heavy atom. The summed E-state index contributed by atoms with van der Waals surface area (Å²) in [6.07, 6.45) is 3.89. The maximum absolute atomic E-state index is 6.35. The third kappa shape index (κ3) is 6.36. The third-order valence-corrected chi connectivity index (χ3v) is 7.85. The summed E-state index contributed by atoms with van der Waals surface area (Å²) < 4.78 is 6.35. The van der Waals surface area contributed by atoms with E-state index in [1.165, 1.54) is 37.4 Å². The minimum absolute atomic E-state index is 0.683. The molecule has 0 atom stereocenters. The summed E-state index contributed by atoms with van der Waals surface area (Å²) in [6, 6.07) is 4.09. The van der Waals surface area contributed by atoms with Crippen LogP contribution in [-0.4, -0.2) is 14.9 Å². The lowest BCUT2D eigenvalue weighted by atomic mass is 10.2. The molecule has 0 spiro atoms.